The summed E-state index contributed by atoms with van der Waals surface area (Å²) in [7, 11) is 0. The molecule has 0 saturated carbocycles. The maximum absolute atomic E-state index is 13.5. The van der Waals surface area contributed by atoms with E-state index in [0.29, 0.717) is 10.2 Å². The van der Waals surface area contributed by atoms with Crippen LogP contribution in [0.4, 0.5) is 8.78 Å². The summed E-state index contributed by atoms with van der Waals surface area (Å²) < 4.78 is 28.1. The lowest BCUT2D eigenvalue weighted by molar-refractivity contribution is 0.494. The van der Waals surface area contributed by atoms with Gasteiger partial charge in [-0.15, -0.1) is 0 Å². The molecule has 0 bridgehead atoms. The van der Waals surface area contributed by atoms with E-state index in [1.165, 1.54) is 23.0 Å². The monoisotopic (exact) mass is 314 g/mol. The molecule has 18 heavy (non-hydrogen) atoms. The molecule has 94 valence electrons. The first kappa shape index (κ1) is 12.9. The molecule has 1 aromatic heterocycles. The summed E-state index contributed by atoms with van der Waals surface area (Å²) in [5, 5.41) is 0. The second-order valence-electron chi connectivity index (χ2n) is 3.79. The number of hydrogen-bond donors (Lipinski definition) is 0. The van der Waals surface area contributed by atoms with Gasteiger partial charge in [-0.2, -0.15) is 0 Å². The molecule has 0 fully saturated rings. The van der Waals surface area contributed by atoms with Gasteiger partial charge in [0.25, 0.3) is 5.56 Å². The average molecular weight is 315 g/mol. The van der Waals surface area contributed by atoms with Crippen LogP contribution in [0.3, 0.4) is 0 Å². The van der Waals surface area contributed by atoms with Crippen molar-refractivity contribution in [1.82, 2.24) is 9.55 Å². The lowest BCUT2D eigenvalue weighted by Gasteiger charge is -2.08. The van der Waals surface area contributed by atoms with Crippen LogP contribution in [0.2, 0.25) is 0 Å². The van der Waals surface area contributed by atoms with Crippen LogP contribution in [0.5, 0.6) is 0 Å². The van der Waals surface area contributed by atoms with Crippen molar-refractivity contribution >= 4 is 15.9 Å². The van der Waals surface area contributed by atoms with E-state index in [1.54, 1.807) is 6.92 Å². The van der Waals surface area contributed by atoms with E-state index in [4.69, 9.17) is 0 Å². The van der Waals surface area contributed by atoms with Gasteiger partial charge in [0.1, 0.15) is 4.47 Å². The molecule has 0 aliphatic carbocycles. The fraction of sp³-hybridized carbons (Fsp3) is 0.167. The molecule has 0 aliphatic heterocycles. The third-order valence-corrected chi connectivity index (χ3v) is 3.44. The quantitative estimate of drug-likeness (QED) is 0.854. The second kappa shape index (κ2) is 4.97. The van der Waals surface area contributed by atoms with E-state index >= 15 is 0 Å². The molecule has 0 N–H and O–H groups in total. The van der Waals surface area contributed by atoms with E-state index in [9.17, 15) is 13.6 Å². The second-order valence-corrected chi connectivity index (χ2v) is 4.58. The van der Waals surface area contributed by atoms with Crippen molar-refractivity contribution in [3.05, 3.63) is 62.2 Å². The Bertz CT molecular complexity index is 655. The lowest BCUT2D eigenvalue weighted by atomic mass is 10.2. The van der Waals surface area contributed by atoms with Crippen LogP contribution in [0.25, 0.3) is 0 Å². The molecule has 0 aliphatic rings. The highest BCUT2D eigenvalue weighted by Crippen LogP contribution is 2.13. The van der Waals surface area contributed by atoms with Gasteiger partial charge in [-0.25, -0.2) is 13.8 Å². The number of benzene rings is 1. The molecule has 0 spiro atoms. The minimum absolute atomic E-state index is 0.0612. The minimum Gasteiger partial charge on any atom is -0.294 e. The van der Waals surface area contributed by atoms with E-state index in [1.807, 2.05) is 0 Å². The summed E-state index contributed by atoms with van der Waals surface area (Å²) in [4.78, 5) is 15.8. The molecule has 1 heterocycles. The lowest BCUT2D eigenvalue weighted by Crippen LogP contribution is -2.23. The molecule has 0 amide bonds. The van der Waals surface area contributed by atoms with Crippen LogP contribution in [0, 0.1) is 18.6 Å². The summed E-state index contributed by atoms with van der Waals surface area (Å²) in [6.45, 7) is 1.62. The maximum Gasteiger partial charge on any atom is 0.268 e. The predicted molar refractivity (Wildman–Crippen MR) is 66.4 cm³/mol. The number of rotatable bonds is 2. The van der Waals surface area contributed by atoms with Crippen LogP contribution in [0.1, 0.15) is 11.3 Å². The molecule has 0 radical (unpaired) electrons. The Morgan fingerprint density at radius 2 is 2.11 bits per heavy atom. The van der Waals surface area contributed by atoms with Gasteiger partial charge in [0.2, 0.25) is 0 Å². The summed E-state index contributed by atoms with van der Waals surface area (Å²) >= 11 is 3.11. The Morgan fingerprint density at radius 3 is 2.83 bits per heavy atom. The standard InChI is InChI=1S/C12H9BrF2N2O/c1-7-10(13)12(18)17(6-16-7)5-8-3-2-4-9(14)11(8)15/h2-4,6H,5H2,1H3. The van der Waals surface area contributed by atoms with Crippen LogP contribution in [0.15, 0.2) is 33.8 Å². The first-order valence-electron chi connectivity index (χ1n) is 5.15. The molecule has 0 unspecified atom stereocenters. The molecular formula is C12H9BrF2N2O. The van der Waals surface area contributed by atoms with E-state index in [0.717, 1.165) is 6.07 Å². The fourth-order valence-electron chi connectivity index (χ4n) is 1.51. The third-order valence-electron chi connectivity index (χ3n) is 2.53. The third kappa shape index (κ3) is 2.33. The summed E-state index contributed by atoms with van der Waals surface area (Å²) in [5.41, 5.74) is 0.330. The van der Waals surface area contributed by atoms with Crippen LogP contribution < -0.4 is 5.56 Å². The van der Waals surface area contributed by atoms with Gasteiger partial charge in [0, 0.05) is 5.56 Å². The van der Waals surface area contributed by atoms with Crippen LogP contribution in [-0.2, 0) is 6.54 Å². The molecule has 2 aromatic rings. The van der Waals surface area contributed by atoms with E-state index < -0.39 is 11.6 Å². The van der Waals surface area contributed by atoms with E-state index in [-0.39, 0.29) is 17.7 Å². The SMILES string of the molecule is Cc1ncn(Cc2cccc(F)c2F)c(=O)c1Br. The van der Waals surface area contributed by atoms with Crippen molar-refractivity contribution in [3.63, 3.8) is 0 Å². The zero-order chi connectivity index (χ0) is 13.3. The number of aromatic nitrogens is 2. The molecule has 2 rings (SSSR count). The van der Waals surface area contributed by atoms with Crippen molar-refractivity contribution in [2.45, 2.75) is 13.5 Å². The highest BCUT2D eigenvalue weighted by molar-refractivity contribution is 9.10. The maximum atomic E-state index is 13.5. The van der Waals surface area contributed by atoms with Crippen LogP contribution in [-0.4, -0.2) is 9.55 Å². The Balaban J connectivity index is 2.44. The Hall–Kier alpha value is -1.56. The number of hydrogen-bond acceptors (Lipinski definition) is 2. The Labute approximate surface area is 110 Å². The predicted octanol–water partition coefficient (Wildman–Crippen LogP) is 2.64. The minimum atomic E-state index is -0.943. The molecule has 0 atom stereocenters. The average Bonchev–Trinajstić information content (AvgIpc) is 2.35. The summed E-state index contributed by atoms with van der Waals surface area (Å²) in [6.07, 6.45) is 1.31. The van der Waals surface area contributed by atoms with Gasteiger partial charge in [0.05, 0.1) is 18.6 Å². The largest absolute Gasteiger partial charge is 0.294 e. The zero-order valence-electron chi connectivity index (χ0n) is 9.45. The highest BCUT2D eigenvalue weighted by Gasteiger charge is 2.10. The zero-order valence-corrected chi connectivity index (χ0v) is 11.0. The Kier molecular flexibility index (Phi) is 3.56. The topological polar surface area (TPSA) is 34.9 Å². The van der Waals surface area contributed by atoms with Gasteiger partial charge < -0.3 is 0 Å². The molecule has 3 nitrogen and oxygen atoms in total. The van der Waals surface area contributed by atoms with Crippen molar-refractivity contribution in [2.24, 2.45) is 0 Å². The molecular weight excluding hydrogens is 306 g/mol. The van der Waals surface area contributed by atoms with Crippen molar-refractivity contribution in [3.8, 4) is 0 Å². The van der Waals surface area contributed by atoms with Gasteiger partial charge in [-0.05, 0) is 28.9 Å². The molecule has 0 saturated heterocycles. The molecule has 1 aromatic carbocycles. The van der Waals surface area contributed by atoms with Crippen molar-refractivity contribution < 1.29 is 8.78 Å². The van der Waals surface area contributed by atoms with Crippen LogP contribution >= 0.6 is 15.9 Å². The van der Waals surface area contributed by atoms with E-state index in [2.05, 4.69) is 20.9 Å². The van der Waals surface area contributed by atoms with Gasteiger partial charge in [0.15, 0.2) is 11.6 Å². The number of aryl methyl sites for hydroxylation is 1. The van der Waals surface area contributed by atoms with Gasteiger partial charge in [-0.3, -0.25) is 9.36 Å². The van der Waals surface area contributed by atoms with Gasteiger partial charge >= 0.3 is 0 Å². The summed E-state index contributed by atoms with van der Waals surface area (Å²) in [6, 6.07) is 3.86. The number of halogens is 3. The van der Waals surface area contributed by atoms with Crippen molar-refractivity contribution in [1.29, 1.82) is 0 Å². The Morgan fingerprint density at radius 1 is 1.39 bits per heavy atom. The first-order chi connectivity index (χ1) is 8.50. The summed E-state index contributed by atoms with van der Waals surface area (Å²) in [5.74, 6) is -1.87. The molecule has 6 heteroatoms. The normalized spacial score (nSPS) is 10.7. The first-order valence-corrected chi connectivity index (χ1v) is 5.94. The highest BCUT2D eigenvalue weighted by atomic mass is 79.9. The smallest absolute Gasteiger partial charge is 0.268 e. The van der Waals surface area contributed by atoms with Gasteiger partial charge in [-0.1, -0.05) is 12.1 Å². The van der Waals surface area contributed by atoms with Crippen molar-refractivity contribution in [2.75, 3.05) is 0 Å². The fourth-order valence-corrected chi connectivity index (χ4v) is 1.84. The number of nitrogens with zero attached hydrogens (tertiary/aromatic N) is 2.